The van der Waals surface area contributed by atoms with Crippen molar-refractivity contribution < 1.29 is 4.39 Å². The second-order valence-corrected chi connectivity index (χ2v) is 5.03. The first-order valence-corrected chi connectivity index (χ1v) is 6.98. The van der Waals surface area contributed by atoms with Crippen molar-refractivity contribution in [1.82, 2.24) is 10.3 Å². The fourth-order valence-corrected chi connectivity index (χ4v) is 2.14. The molecule has 0 bridgehead atoms. The average molecular weight is 263 g/mol. The van der Waals surface area contributed by atoms with Gasteiger partial charge in [0.05, 0.1) is 6.20 Å². The average Bonchev–Trinajstić information content (AvgIpc) is 3.20. The van der Waals surface area contributed by atoms with Crippen molar-refractivity contribution in [2.75, 3.05) is 18.0 Å². The maximum absolute atomic E-state index is 13.4. The van der Waals surface area contributed by atoms with Gasteiger partial charge >= 0.3 is 0 Å². The molecule has 0 atom stereocenters. The summed E-state index contributed by atoms with van der Waals surface area (Å²) >= 11 is 0. The third-order valence-corrected chi connectivity index (χ3v) is 3.21. The van der Waals surface area contributed by atoms with Crippen molar-refractivity contribution in [2.45, 2.75) is 38.8 Å². The third-order valence-electron chi connectivity index (χ3n) is 3.21. The number of nitrogens with one attached hydrogen (secondary N) is 1. The number of aromatic nitrogens is 1. The molecule has 1 heterocycles. The molecule has 19 heavy (non-hydrogen) atoms. The van der Waals surface area contributed by atoms with E-state index in [2.05, 4.69) is 28.7 Å². The molecule has 1 aromatic rings. The highest BCUT2D eigenvalue weighted by Crippen LogP contribution is 2.23. The van der Waals surface area contributed by atoms with Gasteiger partial charge in [-0.25, -0.2) is 9.37 Å². The molecular formula is C15H22FN3. The largest absolute Gasteiger partial charge is 0.353 e. The van der Waals surface area contributed by atoms with Gasteiger partial charge in [0.15, 0.2) is 0 Å². The molecule has 4 heteroatoms. The van der Waals surface area contributed by atoms with Crippen LogP contribution in [0.15, 0.2) is 24.9 Å². The molecule has 0 amide bonds. The Bertz CT molecular complexity index is 429. The zero-order valence-electron chi connectivity index (χ0n) is 11.5. The SMILES string of the molecule is C=CCN(CCC)c1ncc(F)cc1CNC1CC1. The molecule has 1 saturated carbocycles. The Labute approximate surface area is 114 Å². The molecule has 0 unspecified atom stereocenters. The van der Waals surface area contributed by atoms with Crippen LogP contribution in [0.25, 0.3) is 0 Å². The number of rotatable bonds is 8. The lowest BCUT2D eigenvalue weighted by Gasteiger charge is -2.24. The summed E-state index contributed by atoms with van der Waals surface area (Å²) < 4.78 is 13.4. The first kappa shape index (κ1) is 14.0. The van der Waals surface area contributed by atoms with Gasteiger partial charge in [-0.1, -0.05) is 13.0 Å². The number of hydrogen-bond donors (Lipinski definition) is 1. The van der Waals surface area contributed by atoms with E-state index in [0.29, 0.717) is 12.6 Å². The van der Waals surface area contributed by atoms with Gasteiger partial charge in [-0.2, -0.15) is 0 Å². The lowest BCUT2D eigenvalue weighted by atomic mass is 10.2. The first-order chi connectivity index (χ1) is 9.24. The fraction of sp³-hybridized carbons (Fsp3) is 0.533. The van der Waals surface area contributed by atoms with Gasteiger partial charge in [-0.05, 0) is 25.3 Å². The van der Waals surface area contributed by atoms with E-state index >= 15 is 0 Å². The van der Waals surface area contributed by atoms with E-state index in [-0.39, 0.29) is 5.82 Å². The van der Waals surface area contributed by atoms with Gasteiger partial charge in [0, 0.05) is 31.2 Å². The summed E-state index contributed by atoms with van der Waals surface area (Å²) in [5.74, 6) is 0.600. The summed E-state index contributed by atoms with van der Waals surface area (Å²) in [6, 6.07) is 2.19. The van der Waals surface area contributed by atoms with Gasteiger partial charge in [0.25, 0.3) is 0 Å². The predicted octanol–water partition coefficient (Wildman–Crippen LogP) is 2.88. The van der Waals surface area contributed by atoms with E-state index in [4.69, 9.17) is 0 Å². The molecule has 1 fully saturated rings. The highest BCUT2D eigenvalue weighted by molar-refractivity contribution is 5.47. The minimum atomic E-state index is -0.272. The Kier molecular flexibility index (Phi) is 4.91. The summed E-state index contributed by atoms with van der Waals surface area (Å²) in [7, 11) is 0. The molecule has 1 N–H and O–H groups in total. The van der Waals surface area contributed by atoms with Crippen molar-refractivity contribution in [1.29, 1.82) is 0 Å². The van der Waals surface area contributed by atoms with Crippen molar-refractivity contribution in [3.05, 3.63) is 36.3 Å². The smallest absolute Gasteiger partial charge is 0.141 e. The molecule has 3 nitrogen and oxygen atoms in total. The van der Waals surface area contributed by atoms with Crippen molar-refractivity contribution in [3.63, 3.8) is 0 Å². The Balaban J connectivity index is 2.16. The quantitative estimate of drug-likeness (QED) is 0.731. The summed E-state index contributed by atoms with van der Waals surface area (Å²) in [6.45, 7) is 8.23. The standard InChI is InChI=1S/C15H22FN3/c1-3-7-19(8-4-2)15-12(9-13(16)11-18-15)10-17-14-5-6-14/h3,9,11,14,17H,1,4-8,10H2,2H3. The van der Waals surface area contributed by atoms with Gasteiger partial charge in [0.2, 0.25) is 0 Å². The van der Waals surface area contributed by atoms with E-state index < -0.39 is 0 Å². The highest BCUT2D eigenvalue weighted by Gasteiger charge is 2.21. The Morgan fingerprint density at radius 3 is 3.00 bits per heavy atom. The maximum atomic E-state index is 13.4. The second kappa shape index (κ2) is 6.66. The molecule has 0 radical (unpaired) electrons. The Morgan fingerprint density at radius 1 is 1.58 bits per heavy atom. The molecule has 0 aliphatic heterocycles. The molecule has 0 spiro atoms. The molecule has 2 rings (SSSR count). The van der Waals surface area contributed by atoms with Crippen molar-refractivity contribution in [3.8, 4) is 0 Å². The van der Waals surface area contributed by atoms with Crippen LogP contribution in [0.3, 0.4) is 0 Å². The topological polar surface area (TPSA) is 28.2 Å². The lowest BCUT2D eigenvalue weighted by Crippen LogP contribution is -2.28. The van der Waals surface area contributed by atoms with E-state index in [9.17, 15) is 4.39 Å². The van der Waals surface area contributed by atoms with Crippen LogP contribution >= 0.6 is 0 Å². The molecule has 1 aliphatic carbocycles. The van der Waals surface area contributed by atoms with E-state index in [1.54, 1.807) is 6.07 Å². The minimum Gasteiger partial charge on any atom is -0.353 e. The van der Waals surface area contributed by atoms with Crippen LogP contribution in [0.5, 0.6) is 0 Å². The summed E-state index contributed by atoms with van der Waals surface area (Å²) in [5.41, 5.74) is 0.933. The van der Waals surface area contributed by atoms with E-state index in [1.807, 2.05) is 6.08 Å². The van der Waals surface area contributed by atoms with Crippen molar-refractivity contribution in [2.24, 2.45) is 0 Å². The zero-order chi connectivity index (χ0) is 13.7. The monoisotopic (exact) mass is 263 g/mol. The van der Waals surface area contributed by atoms with Crippen LogP contribution < -0.4 is 10.2 Å². The second-order valence-electron chi connectivity index (χ2n) is 5.03. The minimum absolute atomic E-state index is 0.272. The van der Waals surface area contributed by atoms with E-state index in [0.717, 1.165) is 30.9 Å². The Hall–Kier alpha value is -1.42. The van der Waals surface area contributed by atoms with Gasteiger partial charge in [-0.15, -0.1) is 6.58 Å². The molecular weight excluding hydrogens is 241 g/mol. The molecule has 1 aromatic heterocycles. The maximum Gasteiger partial charge on any atom is 0.141 e. The van der Waals surface area contributed by atoms with Crippen LogP contribution in [0.1, 0.15) is 31.7 Å². The highest BCUT2D eigenvalue weighted by atomic mass is 19.1. The number of hydrogen-bond acceptors (Lipinski definition) is 3. The molecule has 0 saturated heterocycles. The molecule has 1 aliphatic rings. The summed E-state index contributed by atoms with van der Waals surface area (Å²) in [6.07, 6.45) is 6.63. The third kappa shape index (κ3) is 4.03. The van der Waals surface area contributed by atoms with Crippen molar-refractivity contribution >= 4 is 5.82 Å². The van der Waals surface area contributed by atoms with Crippen LogP contribution in [-0.4, -0.2) is 24.1 Å². The number of anilines is 1. The van der Waals surface area contributed by atoms with Crippen LogP contribution in [0.4, 0.5) is 10.2 Å². The van der Waals surface area contributed by atoms with Gasteiger partial charge in [0.1, 0.15) is 11.6 Å². The molecule has 104 valence electrons. The summed E-state index contributed by atoms with van der Waals surface area (Å²) in [4.78, 5) is 6.43. The van der Waals surface area contributed by atoms with Gasteiger partial charge < -0.3 is 10.2 Å². The molecule has 0 aromatic carbocycles. The van der Waals surface area contributed by atoms with Crippen LogP contribution in [0.2, 0.25) is 0 Å². The van der Waals surface area contributed by atoms with E-state index in [1.165, 1.54) is 19.0 Å². The van der Waals surface area contributed by atoms with Crippen LogP contribution in [-0.2, 0) is 6.54 Å². The van der Waals surface area contributed by atoms with Crippen LogP contribution in [0, 0.1) is 5.82 Å². The van der Waals surface area contributed by atoms with Gasteiger partial charge in [-0.3, -0.25) is 0 Å². The fourth-order valence-electron chi connectivity index (χ4n) is 2.14. The number of nitrogens with zero attached hydrogens (tertiary/aromatic N) is 2. The summed E-state index contributed by atoms with van der Waals surface area (Å²) in [5, 5.41) is 3.42. The zero-order valence-corrected chi connectivity index (χ0v) is 11.5. The number of halogens is 1. The normalized spacial score (nSPS) is 14.4. The lowest BCUT2D eigenvalue weighted by molar-refractivity contribution is 0.610. The first-order valence-electron chi connectivity index (χ1n) is 6.98. The Morgan fingerprint density at radius 2 is 2.37 bits per heavy atom. The predicted molar refractivity (Wildman–Crippen MR) is 76.8 cm³/mol. The number of pyridine rings is 1.